The van der Waals surface area contributed by atoms with Crippen molar-refractivity contribution in [1.29, 1.82) is 0 Å². The van der Waals surface area contributed by atoms with E-state index in [2.05, 4.69) is 53.3 Å². The van der Waals surface area contributed by atoms with Gasteiger partial charge in [-0.15, -0.1) is 11.3 Å². The fourth-order valence-electron chi connectivity index (χ4n) is 3.23. The van der Waals surface area contributed by atoms with Crippen LogP contribution in [0.5, 0.6) is 0 Å². The molecule has 0 bridgehead atoms. The summed E-state index contributed by atoms with van der Waals surface area (Å²) in [5.41, 5.74) is 1.23. The SMILES string of the molecule is CCNC(=NCc1ncc(CC)s1)N1CCC(COCc2ccccc2)C1. The smallest absolute Gasteiger partial charge is 0.194 e. The number of guanidine groups is 1. The van der Waals surface area contributed by atoms with Gasteiger partial charge in [0.05, 0.1) is 19.8 Å². The number of thiazole rings is 1. The number of nitrogens with zero attached hydrogens (tertiary/aromatic N) is 3. The molecule has 0 saturated carbocycles. The third-order valence-corrected chi connectivity index (χ3v) is 5.83. The van der Waals surface area contributed by atoms with E-state index in [1.54, 1.807) is 11.3 Å². The topological polar surface area (TPSA) is 49.8 Å². The fraction of sp³-hybridized carbons (Fsp3) is 0.524. The molecular formula is C21H30N4OS. The van der Waals surface area contributed by atoms with E-state index in [0.29, 0.717) is 19.1 Å². The molecule has 1 atom stereocenters. The number of benzene rings is 1. The van der Waals surface area contributed by atoms with Crippen LogP contribution in [0.2, 0.25) is 0 Å². The Morgan fingerprint density at radius 2 is 2.19 bits per heavy atom. The quantitative estimate of drug-likeness (QED) is 0.555. The summed E-state index contributed by atoms with van der Waals surface area (Å²) in [7, 11) is 0. The van der Waals surface area contributed by atoms with Gasteiger partial charge in [-0.25, -0.2) is 9.98 Å². The summed E-state index contributed by atoms with van der Waals surface area (Å²) in [6, 6.07) is 10.4. The van der Waals surface area contributed by atoms with Crippen LogP contribution in [0.25, 0.3) is 0 Å². The van der Waals surface area contributed by atoms with Crippen molar-refractivity contribution in [3.63, 3.8) is 0 Å². The molecule has 1 aromatic carbocycles. The first kappa shape index (κ1) is 19.8. The largest absolute Gasteiger partial charge is 0.376 e. The van der Waals surface area contributed by atoms with Gasteiger partial charge in [0, 0.05) is 36.6 Å². The van der Waals surface area contributed by atoms with Gasteiger partial charge in [0.2, 0.25) is 0 Å². The first-order valence-corrected chi connectivity index (χ1v) is 10.7. The highest BCUT2D eigenvalue weighted by molar-refractivity contribution is 7.11. The van der Waals surface area contributed by atoms with Crippen LogP contribution in [0.1, 0.15) is 35.7 Å². The highest BCUT2D eigenvalue weighted by atomic mass is 32.1. The predicted molar refractivity (Wildman–Crippen MR) is 112 cm³/mol. The van der Waals surface area contributed by atoms with Crippen molar-refractivity contribution < 1.29 is 4.74 Å². The average Bonchev–Trinajstić information content (AvgIpc) is 3.35. The molecule has 1 unspecified atom stereocenters. The lowest BCUT2D eigenvalue weighted by Crippen LogP contribution is -2.40. The van der Waals surface area contributed by atoms with E-state index < -0.39 is 0 Å². The highest BCUT2D eigenvalue weighted by Crippen LogP contribution is 2.18. The summed E-state index contributed by atoms with van der Waals surface area (Å²) in [5.74, 6) is 1.56. The van der Waals surface area contributed by atoms with Crippen LogP contribution < -0.4 is 5.32 Å². The summed E-state index contributed by atoms with van der Waals surface area (Å²) in [6.45, 7) is 9.33. The number of ether oxygens (including phenoxy) is 1. The number of nitrogens with one attached hydrogen (secondary N) is 1. The average molecular weight is 387 g/mol. The lowest BCUT2D eigenvalue weighted by Gasteiger charge is -2.21. The first-order chi connectivity index (χ1) is 13.3. The molecule has 0 spiro atoms. The molecule has 1 aromatic heterocycles. The van der Waals surface area contributed by atoms with Gasteiger partial charge in [0.25, 0.3) is 0 Å². The Kier molecular flexibility index (Phi) is 7.66. The van der Waals surface area contributed by atoms with E-state index >= 15 is 0 Å². The van der Waals surface area contributed by atoms with Crippen molar-refractivity contribution >= 4 is 17.3 Å². The van der Waals surface area contributed by atoms with Crippen LogP contribution in [0.4, 0.5) is 0 Å². The molecule has 27 heavy (non-hydrogen) atoms. The minimum atomic E-state index is 0.559. The van der Waals surface area contributed by atoms with E-state index in [9.17, 15) is 0 Å². The zero-order valence-electron chi connectivity index (χ0n) is 16.4. The van der Waals surface area contributed by atoms with Crippen LogP contribution >= 0.6 is 11.3 Å². The molecule has 1 aliphatic rings. The Morgan fingerprint density at radius 3 is 2.93 bits per heavy atom. The van der Waals surface area contributed by atoms with Crippen LogP contribution in [0.15, 0.2) is 41.5 Å². The minimum Gasteiger partial charge on any atom is -0.376 e. The van der Waals surface area contributed by atoms with Gasteiger partial charge in [-0.2, -0.15) is 0 Å². The standard InChI is InChI=1S/C21H30N4OS/c1-3-19-12-23-20(27-19)13-24-21(22-4-2)25-11-10-18(14-25)16-26-15-17-8-6-5-7-9-17/h5-9,12,18H,3-4,10-11,13-16H2,1-2H3,(H,22,24). The van der Waals surface area contributed by atoms with Gasteiger partial charge < -0.3 is 15.0 Å². The van der Waals surface area contributed by atoms with E-state index in [0.717, 1.165) is 50.0 Å². The monoisotopic (exact) mass is 386 g/mol. The highest BCUT2D eigenvalue weighted by Gasteiger charge is 2.25. The van der Waals surface area contributed by atoms with Gasteiger partial charge in [-0.05, 0) is 25.3 Å². The maximum absolute atomic E-state index is 5.94. The fourth-order valence-corrected chi connectivity index (χ4v) is 4.02. The van der Waals surface area contributed by atoms with Gasteiger partial charge in [0.15, 0.2) is 5.96 Å². The number of hydrogen-bond acceptors (Lipinski definition) is 4. The molecule has 2 aromatic rings. The number of hydrogen-bond donors (Lipinski definition) is 1. The second-order valence-electron chi connectivity index (χ2n) is 6.85. The maximum Gasteiger partial charge on any atom is 0.194 e. The molecule has 1 aliphatic heterocycles. The molecule has 0 amide bonds. The van der Waals surface area contributed by atoms with Gasteiger partial charge in [-0.1, -0.05) is 37.3 Å². The predicted octanol–water partition coefficient (Wildman–Crippen LogP) is 3.71. The number of aromatic nitrogens is 1. The molecular weight excluding hydrogens is 356 g/mol. The van der Waals surface area contributed by atoms with Crippen LogP contribution in [-0.2, 0) is 24.3 Å². The van der Waals surface area contributed by atoms with Crippen LogP contribution in [0.3, 0.4) is 0 Å². The molecule has 3 rings (SSSR count). The Hall–Kier alpha value is -1.92. The van der Waals surface area contributed by atoms with E-state index in [1.807, 2.05) is 12.3 Å². The summed E-state index contributed by atoms with van der Waals surface area (Å²) in [5, 5.41) is 4.52. The molecule has 5 nitrogen and oxygen atoms in total. The number of likely N-dealkylation sites (tertiary alicyclic amines) is 1. The van der Waals surface area contributed by atoms with Crippen LogP contribution in [-0.4, -0.2) is 42.1 Å². The zero-order chi connectivity index (χ0) is 18.9. The number of rotatable bonds is 8. The Morgan fingerprint density at radius 1 is 1.33 bits per heavy atom. The van der Waals surface area contributed by atoms with E-state index in [1.165, 1.54) is 10.4 Å². The number of aliphatic imine (C=N–C) groups is 1. The molecule has 0 aliphatic carbocycles. The molecule has 1 fully saturated rings. The number of aryl methyl sites for hydroxylation is 1. The van der Waals surface area contributed by atoms with Crippen molar-refractivity contribution in [2.24, 2.45) is 10.9 Å². The zero-order valence-corrected chi connectivity index (χ0v) is 17.2. The Balaban J connectivity index is 1.48. The molecule has 2 heterocycles. The second-order valence-corrected chi connectivity index (χ2v) is 8.05. The van der Waals surface area contributed by atoms with E-state index in [4.69, 9.17) is 9.73 Å². The molecule has 0 radical (unpaired) electrons. The van der Waals surface area contributed by atoms with Gasteiger partial charge in [0.1, 0.15) is 5.01 Å². The van der Waals surface area contributed by atoms with Crippen molar-refractivity contribution in [2.75, 3.05) is 26.2 Å². The molecule has 146 valence electrons. The summed E-state index contributed by atoms with van der Waals surface area (Å²) < 4.78 is 5.94. The van der Waals surface area contributed by atoms with Crippen LogP contribution in [0, 0.1) is 5.92 Å². The Labute approximate surface area is 166 Å². The summed E-state index contributed by atoms with van der Waals surface area (Å²) in [4.78, 5) is 13.0. The third-order valence-electron chi connectivity index (χ3n) is 4.70. The summed E-state index contributed by atoms with van der Waals surface area (Å²) >= 11 is 1.76. The lowest BCUT2D eigenvalue weighted by molar-refractivity contribution is 0.0906. The Bertz CT molecular complexity index is 716. The molecule has 6 heteroatoms. The van der Waals surface area contributed by atoms with Crippen molar-refractivity contribution in [3.05, 3.63) is 52.0 Å². The molecule has 1 saturated heterocycles. The van der Waals surface area contributed by atoms with Gasteiger partial charge in [-0.3, -0.25) is 0 Å². The first-order valence-electron chi connectivity index (χ1n) is 9.87. The summed E-state index contributed by atoms with van der Waals surface area (Å²) in [6.07, 6.45) is 4.16. The lowest BCUT2D eigenvalue weighted by atomic mass is 10.1. The van der Waals surface area contributed by atoms with Gasteiger partial charge >= 0.3 is 0 Å². The normalized spacial score (nSPS) is 17.5. The van der Waals surface area contributed by atoms with E-state index in [-0.39, 0.29) is 0 Å². The van der Waals surface area contributed by atoms with Crippen molar-refractivity contribution in [3.8, 4) is 0 Å². The second kappa shape index (κ2) is 10.4. The van der Waals surface area contributed by atoms with Crippen molar-refractivity contribution in [1.82, 2.24) is 15.2 Å². The third kappa shape index (κ3) is 6.04. The minimum absolute atomic E-state index is 0.559. The maximum atomic E-state index is 5.94. The van der Waals surface area contributed by atoms with Crippen molar-refractivity contribution in [2.45, 2.75) is 39.8 Å². The molecule has 1 N–H and O–H groups in total.